The molecule has 9 heteroatoms. The highest BCUT2D eigenvalue weighted by atomic mass is 32.2. The van der Waals surface area contributed by atoms with Gasteiger partial charge in [-0.15, -0.1) is 10.2 Å². The van der Waals surface area contributed by atoms with E-state index in [0.717, 1.165) is 30.4 Å². The van der Waals surface area contributed by atoms with E-state index < -0.39 is 5.76 Å². The first-order chi connectivity index (χ1) is 12.1. The van der Waals surface area contributed by atoms with Gasteiger partial charge >= 0.3 is 0 Å². The van der Waals surface area contributed by atoms with Crippen LogP contribution >= 0.6 is 23.5 Å². The number of alkyl halides is 2. The molecule has 0 aliphatic heterocycles. The fourth-order valence-electron chi connectivity index (χ4n) is 2.43. The van der Waals surface area contributed by atoms with E-state index in [9.17, 15) is 13.6 Å². The van der Waals surface area contributed by atoms with Crippen LogP contribution in [-0.4, -0.2) is 32.2 Å². The summed E-state index contributed by atoms with van der Waals surface area (Å²) in [6.07, 6.45) is 2.28. The molecule has 0 bridgehead atoms. The van der Waals surface area contributed by atoms with Gasteiger partial charge in [0, 0.05) is 17.4 Å². The van der Waals surface area contributed by atoms with Gasteiger partial charge in [0.2, 0.25) is 5.91 Å². The number of amides is 1. The Hall–Kier alpha value is -1.61. The van der Waals surface area contributed by atoms with Crippen molar-refractivity contribution in [2.75, 3.05) is 11.1 Å². The Kier molecular flexibility index (Phi) is 5.95. The minimum absolute atomic E-state index is 0.149. The fourth-order valence-corrected chi connectivity index (χ4v) is 3.84. The maximum Gasteiger partial charge on any atom is 0.288 e. The van der Waals surface area contributed by atoms with Gasteiger partial charge in [-0.05, 0) is 31.9 Å². The molecule has 134 valence electrons. The van der Waals surface area contributed by atoms with Gasteiger partial charge in [0.1, 0.15) is 5.82 Å². The third-order valence-corrected chi connectivity index (χ3v) is 5.47. The minimum Gasteiger partial charge on any atom is -0.324 e. The van der Waals surface area contributed by atoms with Crippen LogP contribution < -0.4 is 5.32 Å². The summed E-state index contributed by atoms with van der Waals surface area (Å²) >= 11 is 1.73. The van der Waals surface area contributed by atoms with Crippen molar-refractivity contribution in [3.63, 3.8) is 0 Å². The first-order valence-electron chi connectivity index (χ1n) is 7.98. The van der Waals surface area contributed by atoms with Gasteiger partial charge in [-0.1, -0.05) is 35.7 Å². The lowest BCUT2D eigenvalue weighted by Gasteiger charge is -2.10. The number of thioether (sulfide) groups is 2. The van der Waals surface area contributed by atoms with Gasteiger partial charge in [-0.2, -0.15) is 8.78 Å². The molecule has 5 nitrogen and oxygen atoms in total. The predicted octanol–water partition coefficient (Wildman–Crippen LogP) is 4.22. The lowest BCUT2D eigenvalue weighted by molar-refractivity contribution is -0.113. The van der Waals surface area contributed by atoms with E-state index in [-0.39, 0.29) is 11.7 Å². The summed E-state index contributed by atoms with van der Waals surface area (Å²) in [5.41, 5.74) is 0.397. The second kappa shape index (κ2) is 8.18. The summed E-state index contributed by atoms with van der Waals surface area (Å²) in [6.45, 7) is 2.79. The standard InChI is InChI=1S/C16H18F2N4OS2/c1-2-22-14(10-7-8-10)20-21-16(22)24-9-13(23)19-11-5-3-4-6-12(11)25-15(17)18/h3-6,10,15H,2,7-9H2,1H3,(H,19,23). The Labute approximate surface area is 153 Å². The largest absolute Gasteiger partial charge is 0.324 e. The van der Waals surface area contributed by atoms with Crippen molar-refractivity contribution in [2.45, 2.75) is 48.0 Å². The third kappa shape index (κ3) is 4.72. The molecular formula is C16H18F2N4OS2. The number of para-hydroxylation sites is 1. The number of hydrogen-bond donors (Lipinski definition) is 1. The number of aromatic nitrogens is 3. The van der Waals surface area contributed by atoms with Crippen molar-refractivity contribution in [3.8, 4) is 0 Å². The van der Waals surface area contributed by atoms with Gasteiger partial charge in [-0.3, -0.25) is 4.79 Å². The van der Waals surface area contributed by atoms with Crippen LogP contribution in [0.2, 0.25) is 0 Å². The fraction of sp³-hybridized carbons (Fsp3) is 0.438. The summed E-state index contributed by atoms with van der Waals surface area (Å²) in [4.78, 5) is 12.5. The molecule has 2 aromatic rings. The lowest BCUT2D eigenvalue weighted by Crippen LogP contribution is -2.15. The maximum absolute atomic E-state index is 12.6. The molecule has 1 amide bonds. The van der Waals surface area contributed by atoms with Crippen LogP contribution in [0.15, 0.2) is 34.3 Å². The Morgan fingerprint density at radius 3 is 2.80 bits per heavy atom. The number of halogens is 2. The normalized spacial score (nSPS) is 14.1. The molecule has 1 aromatic carbocycles. The van der Waals surface area contributed by atoms with Crippen LogP contribution in [0.25, 0.3) is 0 Å². The maximum atomic E-state index is 12.6. The van der Waals surface area contributed by atoms with Gasteiger partial charge in [0.05, 0.1) is 11.4 Å². The first-order valence-corrected chi connectivity index (χ1v) is 9.84. The highest BCUT2D eigenvalue weighted by molar-refractivity contribution is 8.00. The highest BCUT2D eigenvalue weighted by Crippen LogP contribution is 2.40. The van der Waals surface area contributed by atoms with Crippen LogP contribution in [0.3, 0.4) is 0 Å². The van der Waals surface area contributed by atoms with E-state index in [2.05, 4.69) is 15.5 Å². The monoisotopic (exact) mass is 384 g/mol. The number of carbonyl (C=O) groups excluding carboxylic acids is 1. The van der Waals surface area contributed by atoms with E-state index in [4.69, 9.17) is 0 Å². The van der Waals surface area contributed by atoms with E-state index in [1.165, 1.54) is 11.8 Å². The molecular weight excluding hydrogens is 366 g/mol. The Morgan fingerprint density at radius 2 is 2.12 bits per heavy atom. The van der Waals surface area contributed by atoms with E-state index >= 15 is 0 Å². The second-order valence-electron chi connectivity index (χ2n) is 5.57. The zero-order valence-corrected chi connectivity index (χ0v) is 15.2. The average Bonchev–Trinajstić information content (AvgIpc) is 3.34. The minimum atomic E-state index is -2.53. The van der Waals surface area contributed by atoms with E-state index in [0.29, 0.717) is 28.3 Å². The van der Waals surface area contributed by atoms with Gasteiger partial charge in [0.25, 0.3) is 5.76 Å². The first kappa shape index (κ1) is 18.2. The molecule has 0 unspecified atom stereocenters. The third-order valence-electron chi connectivity index (χ3n) is 3.71. The van der Waals surface area contributed by atoms with Crippen LogP contribution in [0.4, 0.5) is 14.5 Å². The van der Waals surface area contributed by atoms with Crippen molar-refractivity contribution in [1.82, 2.24) is 14.8 Å². The second-order valence-corrected chi connectivity index (χ2v) is 7.55. The van der Waals surface area contributed by atoms with Crippen LogP contribution in [-0.2, 0) is 11.3 Å². The topological polar surface area (TPSA) is 59.8 Å². The molecule has 1 fully saturated rings. The van der Waals surface area contributed by atoms with Crippen LogP contribution in [0, 0.1) is 0 Å². The molecule has 1 aliphatic carbocycles. The number of rotatable bonds is 8. The molecule has 1 saturated carbocycles. The lowest BCUT2D eigenvalue weighted by atomic mass is 10.3. The average molecular weight is 384 g/mol. The van der Waals surface area contributed by atoms with Crippen LogP contribution in [0.1, 0.15) is 31.5 Å². The summed E-state index contributed by atoms with van der Waals surface area (Å²) in [6, 6.07) is 6.55. The molecule has 0 atom stereocenters. The molecule has 1 heterocycles. The Bertz CT molecular complexity index is 749. The van der Waals surface area contributed by atoms with Gasteiger partial charge in [0.15, 0.2) is 5.16 Å². The highest BCUT2D eigenvalue weighted by Gasteiger charge is 2.30. The number of nitrogens with one attached hydrogen (secondary N) is 1. The zero-order valence-electron chi connectivity index (χ0n) is 13.6. The summed E-state index contributed by atoms with van der Waals surface area (Å²) in [7, 11) is 0. The SMILES string of the molecule is CCn1c(SCC(=O)Nc2ccccc2SC(F)F)nnc1C1CC1. The van der Waals surface area contributed by atoms with Gasteiger partial charge < -0.3 is 9.88 Å². The molecule has 1 aliphatic rings. The quantitative estimate of drug-likeness (QED) is 0.691. The number of hydrogen-bond acceptors (Lipinski definition) is 5. The molecule has 0 radical (unpaired) electrons. The number of nitrogens with zero attached hydrogens (tertiary/aromatic N) is 3. The molecule has 25 heavy (non-hydrogen) atoms. The Morgan fingerprint density at radius 1 is 1.36 bits per heavy atom. The molecule has 3 rings (SSSR count). The summed E-state index contributed by atoms with van der Waals surface area (Å²) in [5, 5.41) is 11.8. The zero-order chi connectivity index (χ0) is 17.8. The predicted molar refractivity (Wildman–Crippen MR) is 95.3 cm³/mol. The van der Waals surface area contributed by atoms with Crippen molar-refractivity contribution >= 4 is 35.1 Å². The Balaban J connectivity index is 1.60. The molecule has 0 spiro atoms. The molecule has 1 N–H and O–H groups in total. The number of carbonyl (C=O) groups is 1. The smallest absolute Gasteiger partial charge is 0.288 e. The number of benzene rings is 1. The van der Waals surface area contributed by atoms with Crippen LogP contribution in [0.5, 0.6) is 0 Å². The van der Waals surface area contributed by atoms with Gasteiger partial charge in [-0.25, -0.2) is 0 Å². The van der Waals surface area contributed by atoms with Crippen molar-refractivity contribution in [1.29, 1.82) is 0 Å². The summed E-state index contributed by atoms with van der Waals surface area (Å²) < 4.78 is 27.2. The van der Waals surface area contributed by atoms with Crippen molar-refractivity contribution in [2.24, 2.45) is 0 Å². The molecule has 1 aromatic heterocycles. The van der Waals surface area contributed by atoms with Crippen molar-refractivity contribution < 1.29 is 13.6 Å². The van der Waals surface area contributed by atoms with E-state index in [1.54, 1.807) is 24.3 Å². The molecule has 0 saturated heterocycles. The summed E-state index contributed by atoms with van der Waals surface area (Å²) in [5.74, 6) is -1.16. The van der Waals surface area contributed by atoms with E-state index in [1.807, 2.05) is 11.5 Å². The number of anilines is 1. The van der Waals surface area contributed by atoms with Crippen molar-refractivity contribution in [3.05, 3.63) is 30.1 Å².